The lowest BCUT2D eigenvalue weighted by molar-refractivity contribution is -0.0841. The summed E-state index contributed by atoms with van der Waals surface area (Å²) < 4.78 is 38.6. The zero-order chi connectivity index (χ0) is 13.9. The van der Waals surface area contributed by atoms with Gasteiger partial charge >= 0.3 is 6.18 Å². The Bertz CT molecular complexity index is 448. The summed E-state index contributed by atoms with van der Waals surface area (Å²) in [6.45, 7) is 1.92. The van der Waals surface area contributed by atoms with E-state index < -0.39 is 11.2 Å². The quantitative estimate of drug-likeness (QED) is 0.802. The molecule has 1 aromatic rings. The third-order valence-corrected chi connectivity index (χ3v) is 3.66. The first-order chi connectivity index (χ1) is 8.98. The lowest BCUT2D eigenvalue weighted by Gasteiger charge is -2.20. The maximum Gasteiger partial charge on any atom is 0.427 e. The van der Waals surface area contributed by atoms with E-state index in [2.05, 4.69) is 0 Å². The van der Waals surface area contributed by atoms with Crippen molar-refractivity contribution >= 4 is 17.2 Å². The fourth-order valence-electron chi connectivity index (χ4n) is 2.26. The Morgan fingerprint density at radius 3 is 2.21 bits per heavy atom. The number of hydrogen-bond donors (Lipinski definition) is 0. The number of likely N-dealkylation sites (tertiary alicyclic amines) is 1. The fourth-order valence-corrected chi connectivity index (χ4v) is 2.43. The van der Waals surface area contributed by atoms with Gasteiger partial charge in [-0.1, -0.05) is 41.9 Å². The van der Waals surface area contributed by atoms with Crippen molar-refractivity contribution in [2.75, 3.05) is 19.6 Å². The summed E-state index contributed by atoms with van der Waals surface area (Å²) in [4.78, 5) is 2.01. The predicted molar refractivity (Wildman–Crippen MR) is 70.9 cm³/mol. The molecule has 1 fully saturated rings. The predicted octanol–water partition coefficient (Wildman–Crippen LogP) is 4.29. The molecule has 0 amide bonds. The molecule has 0 saturated carbocycles. The van der Waals surface area contributed by atoms with Crippen LogP contribution in [0.2, 0.25) is 0 Å². The van der Waals surface area contributed by atoms with Crippen molar-refractivity contribution in [2.45, 2.75) is 19.0 Å². The molecule has 1 heterocycles. The SMILES string of the molecule is FC(F)(F)C(Cl)=C(CN1CCCC1)c1ccccc1. The molecule has 1 aliphatic rings. The summed E-state index contributed by atoms with van der Waals surface area (Å²) in [6.07, 6.45) is -2.43. The van der Waals surface area contributed by atoms with Gasteiger partial charge in [-0.2, -0.15) is 13.2 Å². The Kier molecular flexibility index (Phi) is 4.53. The second-order valence-electron chi connectivity index (χ2n) is 4.64. The normalized spacial score (nSPS) is 18.5. The molecule has 0 radical (unpaired) electrons. The fraction of sp³-hybridized carbons (Fsp3) is 0.429. The van der Waals surface area contributed by atoms with Gasteiger partial charge in [0.15, 0.2) is 0 Å². The van der Waals surface area contributed by atoms with Crippen LogP contribution in [0.4, 0.5) is 13.2 Å². The van der Waals surface area contributed by atoms with E-state index in [9.17, 15) is 13.2 Å². The molecule has 1 saturated heterocycles. The smallest absolute Gasteiger partial charge is 0.299 e. The van der Waals surface area contributed by atoms with Crippen molar-refractivity contribution in [3.8, 4) is 0 Å². The summed E-state index contributed by atoms with van der Waals surface area (Å²) in [5, 5.41) is -1.01. The number of benzene rings is 1. The summed E-state index contributed by atoms with van der Waals surface area (Å²) >= 11 is 5.56. The van der Waals surface area contributed by atoms with Crippen molar-refractivity contribution in [1.82, 2.24) is 4.90 Å². The van der Waals surface area contributed by atoms with Crippen LogP contribution in [-0.4, -0.2) is 30.7 Å². The lowest BCUT2D eigenvalue weighted by atomic mass is 10.0. The average Bonchev–Trinajstić information content (AvgIpc) is 2.88. The summed E-state index contributed by atoms with van der Waals surface area (Å²) in [7, 11) is 0. The molecular formula is C14H15ClF3N. The molecule has 2 rings (SSSR count). The molecule has 0 spiro atoms. The number of hydrogen-bond acceptors (Lipinski definition) is 1. The molecule has 1 aromatic carbocycles. The zero-order valence-electron chi connectivity index (χ0n) is 10.4. The van der Waals surface area contributed by atoms with Gasteiger partial charge in [0.1, 0.15) is 5.03 Å². The molecule has 19 heavy (non-hydrogen) atoms. The van der Waals surface area contributed by atoms with Crippen LogP contribution in [0.5, 0.6) is 0 Å². The second-order valence-corrected chi connectivity index (χ2v) is 5.02. The minimum atomic E-state index is -4.49. The molecule has 104 valence electrons. The number of nitrogens with zero attached hydrogens (tertiary/aromatic N) is 1. The van der Waals surface area contributed by atoms with Crippen LogP contribution in [0, 0.1) is 0 Å². The summed E-state index contributed by atoms with van der Waals surface area (Å²) in [5.41, 5.74) is 0.702. The number of halogens is 4. The first-order valence-corrected chi connectivity index (χ1v) is 6.60. The number of alkyl halides is 3. The van der Waals surface area contributed by atoms with E-state index in [0.29, 0.717) is 5.56 Å². The third kappa shape index (κ3) is 3.74. The molecule has 0 bridgehead atoms. The Balaban J connectivity index is 2.33. The Labute approximate surface area is 115 Å². The van der Waals surface area contributed by atoms with Crippen molar-refractivity contribution < 1.29 is 13.2 Å². The van der Waals surface area contributed by atoms with Gasteiger partial charge in [-0.05, 0) is 37.1 Å². The highest BCUT2D eigenvalue weighted by molar-refractivity contribution is 6.33. The first kappa shape index (κ1) is 14.4. The largest absolute Gasteiger partial charge is 0.427 e. The highest BCUT2D eigenvalue weighted by atomic mass is 35.5. The molecular weight excluding hydrogens is 275 g/mol. The van der Waals surface area contributed by atoms with Crippen molar-refractivity contribution in [1.29, 1.82) is 0 Å². The molecule has 1 nitrogen and oxygen atoms in total. The first-order valence-electron chi connectivity index (χ1n) is 6.22. The van der Waals surface area contributed by atoms with Gasteiger partial charge in [0.05, 0.1) is 0 Å². The Morgan fingerprint density at radius 2 is 1.68 bits per heavy atom. The standard InChI is InChI=1S/C14H15ClF3N/c15-13(14(16,17)18)12(10-19-8-4-5-9-19)11-6-2-1-3-7-11/h1-3,6-7H,4-5,8-10H2. The summed E-state index contributed by atoms with van der Waals surface area (Å²) in [5.74, 6) is 0. The number of allylic oxidation sites excluding steroid dienone is 1. The van der Waals surface area contributed by atoms with Crippen LogP contribution < -0.4 is 0 Å². The topological polar surface area (TPSA) is 3.24 Å². The van der Waals surface area contributed by atoms with Crippen LogP contribution in [-0.2, 0) is 0 Å². The Morgan fingerprint density at radius 1 is 1.11 bits per heavy atom. The van der Waals surface area contributed by atoms with Crippen molar-refractivity contribution in [2.24, 2.45) is 0 Å². The van der Waals surface area contributed by atoms with Gasteiger partial charge in [0.25, 0.3) is 0 Å². The number of rotatable bonds is 3. The van der Waals surface area contributed by atoms with Crippen LogP contribution in [0.15, 0.2) is 35.4 Å². The highest BCUT2D eigenvalue weighted by Gasteiger charge is 2.36. The maximum atomic E-state index is 12.9. The van der Waals surface area contributed by atoms with Gasteiger partial charge in [-0.3, -0.25) is 4.90 Å². The van der Waals surface area contributed by atoms with E-state index in [0.717, 1.165) is 25.9 Å². The molecule has 1 aliphatic heterocycles. The van der Waals surface area contributed by atoms with Gasteiger partial charge in [-0.15, -0.1) is 0 Å². The lowest BCUT2D eigenvalue weighted by Crippen LogP contribution is -2.23. The average molecular weight is 290 g/mol. The van der Waals surface area contributed by atoms with E-state index in [1.165, 1.54) is 0 Å². The van der Waals surface area contributed by atoms with Crippen molar-refractivity contribution in [3.05, 3.63) is 40.9 Å². The molecule has 0 atom stereocenters. The van der Waals surface area contributed by atoms with E-state index in [4.69, 9.17) is 11.6 Å². The molecule has 5 heteroatoms. The van der Waals surface area contributed by atoms with E-state index >= 15 is 0 Å². The van der Waals surface area contributed by atoms with E-state index in [-0.39, 0.29) is 12.1 Å². The zero-order valence-corrected chi connectivity index (χ0v) is 11.1. The van der Waals surface area contributed by atoms with Gasteiger partial charge < -0.3 is 0 Å². The Hall–Kier alpha value is -1.00. The minimum absolute atomic E-state index is 0.164. The van der Waals surface area contributed by atoms with E-state index in [1.807, 2.05) is 4.90 Å². The highest BCUT2D eigenvalue weighted by Crippen LogP contribution is 2.36. The minimum Gasteiger partial charge on any atom is -0.299 e. The van der Waals surface area contributed by atoms with Gasteiger partial charge in [0.2, 0.25) is 0 Å². The monoisotopic (exact) mass is 289 g/mol. The van der Waals surface area contributed by atoms with Crippen LogP contribution >= 0.6 is 11.6 Å². The van der Waals surface area contributed by atoms with Crippen LogP contribution in [0.1, 0.15) is 18.4 Å². The maximum absolute atomic E-state index is 12.9. The van der Waals surface area contributed by atoms with Crippen molar-refractivity contribution in [3.63, 3.8) is 0 Å². The molecule has 0 unspecified atom stereocenters. The van der Waals surface area contributed by atoms with Gasteiger partial charge in [-0.25, -0.2) is 0 Å². The molecule has 0 aromatic heterocycles. The third-order valence-electron chi connectivity index (χ3n) is 3.22. The van der Waals surface area contributed by atoms with Crippen LogP contribution in [0.3, 0.4) is 0 Å². The molecule has 0 aliphatic carbocycles. The summed E-state index contributed by atoms with van der Waals surface area (Å²) in [6, 6.07) is 8.55. The van der Waals surface area contributed by atoms with Gasteiger partial charge in [0, 0.05) is 6.54 Å². The van der Waals surface area contributed by atoms with E-state index in [1.54, 1.807) is 30.3 Å². The molecule has 0 N–H and O–H groups in total. The second kappa shape index (κ2) is 5.97. The van der Waals surface area contributed by atoms with Crippen LogP contribution in [0.25, 0.3) is 5.57 Å².